The molecular formula is C21H16ClN5O3S. The van der Waals surface area contributed by atoms with Crippen LogP contribution in [-0.2, 0) is 6.67 Å². The van der Waals surface area contributed by atoms with Gasteiger partial charge in [0.05, 0.1) is 4.92 Å². The molecule has 1 aromatic heterocycles. The Labute approximate surface area is 187 Å². The van der Waals surface area contributed by atoms with Crippen LogP contribution in [0.1, 0.15) is 0 Å². The van der Waals surface area contributed by atoms with Crippen LogP contribution in [-0.4, -0.2) is 14.7 Å². The molecule has 2 N–H and O–H groups in total. The number of hydrogen-bond acceptors (Lipinski definition) is 7. The number of hydrogen-bond donors (Lipinski definition) is 2. The summed E-state index contributed by atoms with van der Waals surface area (Å²) in [5.74, 6) is 0.195. The van der Waals surface area contributed by atoms with Crippen molar-refractivity contribution in [2.75, 3.05) is 10.6 Å². The first-order chi connectivity index (χ1) is 15.0. The van der Waals surface area contributed by atoms with Gasteiger partial charge in [-0.05, 0) is 60.7 Å². The Hall–Kier alpha value is -3.69. The molecule has 1 heterocycles. The molecule has 0 bridgehead atoms. The van der Waals surface area contributed by atoms with E-state index in [1.807, 2.05) is 30.3 Å². The lowest BCUT2D eigenvalue weighted by Gasteiger charge is -2.08. The molecule has 0 aliphatic heterocycles. The van der Waals surface area contributed by atoms with E-state index in [0.29, 0.717) is 28.6 Å². The van der Waals surface area contributed by atoms with Crippen molar-refractivity contribution in [3.8, 4) is 11.5 Å². The maximum Gasteiger partial charge on any atom is 0.293 e. The Bertz CT molecular complexity index is 1270. The highest BCUT2D eigenvalue weighted by Crippen LogP contribution is 2.32. The third-order valence-corrected chi connectivity index (χ3v) is 4.92. The summed E-state index contributed by atoms with van der Waals surface area (Å²) in [6, 6.07) is 21.1. The second-order valence-electron chi connectivity index (χ2n) is 6.49. The van der Waals surface area contributed by atoms with E-state index in [2.05, 4.69) is 15.7 Å². The molecule has 0 aliphatic rings. The standard InChI is InChI=1S/C21H16ClN5O3S/c22-15-7-9-17(10-8-15)24-18-11-6-14(12-19(18)27(28)29)20-25-26(21(31)30-20)13-23-16-4-2-1-3-5-16/h1-12,23-24H,13H2. The summed E-state index contributed by atoms with van der Waals surface area (Å²) in [6.07, 6.45) is 0. The largest absolute Gasteiger partial charge is 0.409 e. The van der Waals surface area contributed by atoms with Crippen LogP contribution in [0.15, 0.2) is 77.2 Å². The second kappa shape index (κ2) is 8.99. The summed E-state index contributed by atoms with van der Waals surface area (Å²) in [6.45, 7) is 0.296. The number of aromatic nitrogens is 2. The zero-order chi connectivity index (χ0) is 21.8. The topological polar surface area (TPSA) is 98.2 Å². The van der Waals surface area contributed by atoms with Gasteiger partial charge in [0.25, 0.3) is 10.5 Å². The zero-order valence-corrected chi connectivity index (χ0v) is 17.6. The molecule has 0 radical (unpaired) electrons. The maximum absolute atomic E-state index is 11.6. The number of para-hydroxylation sites is 1. The SMILES string of the molecule is O=[N+]([O-])c1cc(-c2nn(CNc3ccccc3)c(=S)o2)ccc1Nc1ccc(Cl)cc1. The van der Waals surface area contributed by atoms with Crippen molar-refractivity contribution in [2.45, 2.75) is 6.67 Å². The third kappa shape index (κ3) is 4.90. The highest BCUT2D eigenvalue weighted by atomic mass is 35.5. The van der Waals surface area contributed by atoms with E-state index in [1.165, 1.54) is 10.7 Å². The molecular weight excluding hydrogens is 438 g/mol. The lowest BCUT2D eigenvalue weighted by Crippen LogP contribution is -2.09. The van der Waals surface area contributed by atoms with Gasteiger partial charge in [-0.3, -0.25) is 10.1 Å². The minimum absolute atomic E-state index is 0.120. The van der Waals surface area contributed by atoms with E-state index in [4.69, 9.17) is 28.2 Å². The van der Waals surface area contributed by atoms with E-state index < -0.39 is 4.92 Å². The van der Waals surface area contributed by atoms with Gasteiger partial charge in [-0.25, -0.2) is 4.68 Å². The summed E-state index contributed by atoms with van der Waals surface area (Å²) >= 11 is 11.1. The van der Waals surface area contributed by atoms with Crippen LogP contribution in [0.25, 0.3) is 11.5 Å². The normalized spacial score (nSPS) is 10.6. The van der Waals surface area contributed by atoms with Gasteiger partial charge in [0.1, 0.15) is 12.4 Å². The van der Waals surface area contributed by atoms with Crippen molar-refractivity contribution in [3.63, 3.8) is 0 Å². The smallest absolute Gasteiger partial charge is 0.293 e. The van der Waals surface area contributed by atoms with Crippen molar-refractivity contribution in [3.05, 3.63) is 92.8 Å². The first-order valence-corrected chi connectivity index (χ1v) is 9.96. The summed E-state index contributed by atoms with van der Waals surface area (Å²) in [5.41, 5.74) is 2.24. The molecule has 0 amide bonds. The average Bonchev–Trinajstić information content (AvgIpc) is 3.15. The molecule has 0 saturated heterocycles. The maximum atomic E-state index is 11.6. The van der Waals surface area contributed by atoms with Gasteiger partial charge in [0, 0.05) is 28.0 Å². The number of benzene rings is 3. The first-order valence-electron chi connectivity index (χ1n) is 9.18. The molecule has 8 nitrogen and oxygen atoms in total. The van der Waals surface area contributed by atoms with Crippen LogP contribution in [0.3, 0.4) is 0 Å². The summed E-state index contributed by atoms with van der Waals surface area (Å²) in [4.78, 5) is 11.3. The number of halogens is 1. The Morgan fingerprint density at radius 1 is 1.06 bits per heavy atom. The Morgan fingerprint density at radius 3 is 2.52 bits per heavy atom. The lowest BCUT2D eigenvalue weighted by molar-refractivity contribution is -0.383. The molecule has 0 atom stereocenters. The molecule has 0 fully saturated rings. The summed E-state index contributed by atoms with van der Waals surface area (Å²) < 4.78 is 7.04. The second-order valence-corrected chi connectivity index (χ2v) is 7.28. The molecule has 0 spiro atoms. The van der Waals surface area contributed by atoms with Crippen molar-refractivity contribution in [2.24, 2.45) is 0 Å². The highest BCUT2D eigenvalue weighted by molar-refractivity contribution is 7.71. The van der Waals surface area contributed by atoms with Gasteiger partial charge in [0.2, 0.25) is 5.89 Å². The fraction of sp³-hybridized carbons (Fsp3) is 0.0476. The van der Waals surface area contributed by atoms with Gasteiger partial charge in [-0.15, -0.1) is 5.10 Å². The molecule has 10 heteroatoms. The minimum Gasteiger partial charge on any atom is -0.409 e. The molecule has 4 rings (SSSR count). The number of nitro groups is 1. The average molecular weight is 454 g/mol. The molecule has 3 aromatic carbocycles. The minimum atomic E-state index is -0.468. The molecule has 0 saturated carbocycles. The van der Waals surface area contributed by atoms with Gasteiger partial charge in [-0.2, -0.15) is 0 Å². The molecule has 0 aliphatic carbocycles. The van der Waals surface area contributed by atoms with Crippen LogP contribution in [0.4, 0.5) is 22.7 Å². The van der Waals surface area contributed by atoms with E-state index in [0.717, 1.165) is 5.69 Å². The van der Waals surface area contributed by atoms with Gasteiger partial charge >= 0.3 is 0 Å². The molecule has 31 heavy (non-hydrogen) atoms. The van der Waals surface area contributed by atoms with Gasteiger partial charge in [0.15, 0.2) is 0 Å². The van der Waals surface area contributed by atoms with Crippen LogP contribution in [0.2, 0.25) is 5.02 Å². The van der Waals surface area contributed by atoms with Gasteiger partial charge in [-0.1, -0.05) is 29.8 Å². The van der Waals surface area contributed by atoms with Crippen LogP contribution < -0.4 is 10.6 Å². The van der Waals surface area contributed by atoms with Crippen molar-refractivity contribution >= 4 is 46.6 Å². The predicted molar refractivity (Wildman–Crippen MR) is 122 cm³/mol. The Kier molecular flexibility index (Phi) is 5.96. The quantitative estimate of drug-likeness (QED) is 0.194. The fourth-order valence-corrected chi connectivity index (χ4v) is 3.17. The fourth-order valence-electron chi connectivity index (χ4n) is 2.86. The van der Waals surface area contributed by atoms with E-state index in [-0.39, 0.29) is 16.4 Å². The number of nitrogens with zero attached hydrogens (tertiary/aromatic N) is 3. The van der Waals surface area contributed by atoms with Crippen LogP contribution in [0, 0.1) is 15.0 Å². The summed E-state index contributed by atoms with van der Waals surface area (Å²) in [7, 11) is 0. The first kappa shape index (κ1) is 20.6. The van der Waals surface area contributed by atoms with Crippen LogP contribution >= 0.6 is 23.8 Å². The monoisotopic (exact) mass is 453 g/mol. The van der Waals surface area contributed by atoms with Crippen molar-refractivity contribution in [1.82, 2.24) is 9.78 Å². The number of nitro benzene ring substituents is 1. The molecule has 156 valence electrons. The van der Waals surface area contributed by atoms with Crippen molar-refractivity contribution in [1.29, 1.82) is 0 Å². The van der Waals surface area contributed by atoms with E-state index in [1.54, 1.807) is 36.4 Å². The number of nitrogens with one attached hydrogen (secondary N) is 2. The summed E-state index contributed by atoms with van der Waals surface area (Å²) in [5, 5.41) is 22.8. The van der Waals surface area contributed by atoms with Crippen molar-refractivity contribution < 1.29 is 9.34 Å². The van der Waals surface area contributed by atoms with E-state index in [9.17, 15) is 10.1 Å². The molecule has 0 unspecified atom stereocenters. The third-order valence-electron chi connectivity index (χ3n) is 4.38. The zero-order valence-electron chi connectivity index (χ0n) is 16.0. The van der Waals surface area contributed by atoms with Crippen LogP contribution in [0.5, 0.6) is 0 Å². The Balaban J connectivity index is 1.58. The Morgan fingerprint density at radius 2 is 1.81 bits per heavy atom. The van der Waals surface area contributed by atoms with Gasteiger partial charge < -0.3 is 15.1 Å². The van der Waals surface area contributed by atoms with E-state index >= 15 is 0 Å². The molecule has 4 aromatic rings. The highest BCUT2D eigenvalue weighted by Gasteiger charge is 2.18. The lowest BCUT2D eigenvalue weighted by atomic mass is 10.1. The number of rotatable bonds is 7. The predicted octanol–water partition coefficient (Wildman–Crippen LogP) is 6.25. The number of anilines is 3.